The molecule has 0 aliphatic carbocycles. The molecule has 0 saturated heterocycles. The molecule has 3 heterocycles. The normalized spacial score (nSPS) is 15.4. The van der Waals surface area contributed by atoms with Gasteiger partial charge in [0.1, 0.15) is 10.9 Å². The van der Waals surface area contributed by atoms with Crippen molar-refractivity contribution in [2.24, 2.45) is 0 Å². The number of carbonyl (C=O) groups excluding carboxylic acids is 1. The number of aromatic nitrogens is 2. The Balaban J connectivity index is 1.90. The summed E-state index contributed by atoms with van der Waals surface area (Å²) in [5.41, 5.74) is 0.953. The maximum Gasteiger partial charge on any atom is 0.435 e. The van der Waals surface area contributed by atoms with Gasteiger partial charge in [0.25, 0.3) is 5.91 Å². The number of alkyl halides is 3. The van der Waals surface area contributed by atoms with Gasteiger partial charge in [-0.1, -0.05) is 30.2 Å². The molecule has 0 fully saturated rings. The van der Waals surface area contributed by atoms with Crippen molar-refractivity contribution in [2.45, 2.75) is 39.0 Å². The van der Waals surface area contributed by atoms with Gasteiger partial charge >= 0.3 is 6.18 Å². The molecule has 3 aromatic rings. The molecule has 1 atom stereocenters. The van der Waals surface area contributed by atoms with Gasteiger partial charge < -0.3 is 4.90 Å². The van der Waals surface area contributed by atoms with Crippen LogP contribution in [0.4, 0.5) is 13.2 Å². The largest absolute Gasteiger partial charge is 0.435 e. The Morgan fingerprint density at radius 2 is 2.03 bits per heavy atom. The molecule has 0 bridgehead atoms. The van der Waals surface area contributed by atoms with Gasteiger partial charge in [-0.15, -0.1) is 11.3 Å². The molecular weight excluding hydrogens is 449 g/mol. The van der Waals surface area contributed by atoms with Crippen LogP contribution in [0.15, 0.2) is 36.5 Å². The first kappa shape index (κ1) is 22.6. The van der Waals surface area contributed by atoms with Crippen LogP contribution in [0, 0.1) is 23.2 Å². The third kappa shape index (κ3) is 4.24. The Kier molecular flexibility index (Phi) is 6.01. The van der Waals surface area contributed by atoms with Crippen molar-refractivity contribution in [3.05, 3.63) is 63.1 Å². The fourth-order valence-corrected chi connectivity index (χ4v) is 5.15. The van der Waals surface area contributed by atoms with Crippen molar-refractivity contribution in [2.75, 3.05) is 6.54 Å². The molecule has 1 amide bonds. The van der Waals surface area contributed by atoms with Gasteiger partial charge in [-0.05, 0) is 42.5 Å². The zero-order valence-electron chi connectivity index (χ0n) is 17.9. The van der Waals surface area contributed by atoms with Crippen LogP contribution in [0.5, 0.6) is 0 Å². The van der Waals surface area contributed by atoms with Crippen LogP contribution in [0.3, 0.4) is 0 Å². The van der Waals surface area contributed by atoms with E-state index in [0.29, 0.717) is 29.1 Å². The summed E-state index contributed by atoms with van der Waals surface area (Å²) in [6.45, 7) is 4.16. The molecule has 0 spiro atoms. The van der Waals surface area contributed by atoms with E-state index in [9.17, 15) is 23.2 Å². The predicted molar refractivity (Wildman–Crippen MR) is 118 cm³/mol. The monoisotopic (exact) mass is 468 g/mol. The first-order valence-corrected chi connectivity index (χ1v) is 11.1. The topological polar surface area (TPSA) is 61.9 Å². The summed E-state index contributed by atoms with van der Waals surface area (Å²) in [5, 5.41) is 13.2. The third-order valence-corrected chi connectivity index (χ3v) is 6.60. The summed E-state index contributed by atoms with van der Waals surface area (Å²) >= 11 is 1.29. The van der Waals surface area contributed by atoms with E-state index in [-0.39, 0.29) is 18.0 Å². The van der Waals surface area contributed by atoms with E-state index in [4.69, 9.17) is 0 Å². The van der Waals surface area contributed by atoms with E-state index in [1.807, 2.05) is 0 Å². The lowest BCUT2D eigenvalue weighted by atomic mass is 9.83. The summed E-state index contributed by atoms with van der Waals surface area (Å²) in [7, 11) is 0. The Labute approximate surface area is 193 Å². The molecular formula is C24H19F3N4OS. The highest BCUT2D eigenvalue weighted by molar-refractivity contribution is 7.12. The average molecular weight is 469 g/mol. The second-order valence-corrected chi connectivity index (χ2v) is 8.68. The lowest BCUT2D eigenvalue weighted by Gasteiger charge is -2.33. The molecule has 1 aliphatic rings. The third-order valence-electron chi connectivity index (χ3n) is 5.56. The van der Waals surface area contributed by atoms with Gasteiger partial charge in [0.05, 0.1) is 6.54 Å². The second-order valence-electron chi connectivity index (χ2n) is 7.55. The zero-order chi connectivity index (χ0) is 23.8. The van der Waals surface area contributed by atoms with Gasteiger partial charge in [0, 0.05) is 35.6 Å². The van der Waals surface area contributed by atoms with Crippen LogP contribution in [0.25, 0.3) is 11.1 Å². The van der Waals surface area contributed by atoms with Crippen molar-refractivity contribution >= 4 is 17.2 Å². The highest BCUT2D eigenvalue weighted by Gasteiger charge is 2.39. The summed E-state index contributed by atoms with van der Waals surface area (Å²) in [6.07, 6.45) is -3.21. The van der Waals surface area contributed by atoms with Crippen LogP contribution in [0.2, 0.25) is 0 Å². The Morgan fingerprint density at radius 1 is 1.27 bits per heavy atom. The number of carbonyl (C=O) groups is 1. The van der Waals surface area contributed by atoms with Crippen molar-refractivity contribution < 1.29 is 18.0 Å². The number of amides is 1. The molecule has 0 saturated carbocycles. The van der Waals surface area contributed by atoms with E-state index in [0.717, 1.165) is 10.4 Å². The molecule has 1 aromatic carbocycles. The Hall–Kier alpha value is -3.56. The standard InChI is InChI=1S/C24H19F3N4OS/c1-3-7-22(32)30-12-19(18-10-15(11-28)33-21(18)14-30)16-8-5-6-9-17(16)20-13-31(4-2)29-23(20)24(25,26)27/h5-6,8-10,13,19H,4,12,14H2,1-2H3/t19-/m0/s1. The first-order valence-electron chi connectivity index (χ1n) is 10.2. The predicted octanol–water partition coefficient (Wildman–Crippen LogP) is 5.02. The van der Waals surface area contributed by atoms with E-state index < -0.39 is 17.8 Å². The fraction of sp³-hybridized carbons (Fsp3) is 0.292. The lowest BCUT2D eigenvalue weighted by Crippen LogP contribution is -2.37. The number of halogens is 3. The summed E-state index contributed by atoms with van der Waals surface area (Å²) in [5.74, 6) is 4.38. The van der Waals surface area contributed by atoms with Crippen LogP contribution < -0.4 is 0 Å². The average Bonchev–Trinajstić information content (AvgIpc) is 3.42. The minimum atomic E-state index is -4.62. The van der Waals surface area contributed by atoms with E-state index in [1.54, 1.807) is 49.1 Å². The molecule has 33 heavy (non-hydrogen) atoms. The molecule has 0 radical (unpaired) electrons. The molecule has 1 aliphatic heterocycles. The summed E-state index contributed by atoms with van der Waals surface area (Å²) < 4.78 is 42.7. The molecule has 0 N–H and O–H groups in total. The van der Waals surface area contributed by atoms with Crippen molar-refractivity contribution in [1.82, 2.24) is 14.7 Å². The number of benzene rings is 1. The number of aryl methyl sites for hydroxylation is 1. The minimum absolute atomic E-state index is 0.00552. The van der Waals surface area contributed by atoms with Crippen LogP contribution >= 0.6 is 11.3 Å². The van der Waals surface area contributed by atoms with Gasteiger partial charge in [-0.25, -0.2) is 0 Å². The van der Waals surface area contributed by atoms with Crippen molar-refractivity contribution in [3.63, 3.8) is 0 Å². The van der Waals surface area contributed by atoms with E-state index in [2.05, 4.69) is 23.0 Å². The van der Waals surface area contributed by atoms with Gasteiger partial charge in [-0.2, -0.15) is 23.5 Å². The van der Waals surface area contributed by atoms with Gasteiger partial charge in [-0.3, -0.25) is 9.48 Å². The second kappa shape index (κ2) is 8.76. The zero-order valence-corrected chi connectivity index (χ0v) is 18.7. The smallest absolute Gasteiger partial charge is 0.326 e. The molecule has 2 aromatic heterocycles. The molecule has 5 nitrogen and oxygen atoms in total. The Morgan fingerprint density at radius 3 is 2.70 bits per heavy atom. The number of thiophene rings is 1. The van der Waals surface area contributed by atoms with Gasteiger partial charge in [0.15, 0.2) is 5.69 Å². The van der Waals surface area contributed by atoms with Crippen LogP contribution in [0.1, 0.15) is 46.3 Å². The molecule has 4 rings (SSSR count). The van der Waals surface area contributed by atoms with E-state index >= 15 is 0 Å². The maximum absolute atomic E-state index is 13.8. The quantitative estimate of drug-likeness (QED) is 0.507. The van der Waals surface area contributed by atoms with Crippen molar-refractivity contribution in [1.29, 1.82) is 5.26 Å². The van der Waals surface area contributed by atoms with Gasteiger partial charge in [0.2, 0.25) is 0 Å². The number of hydrogen-bond acceptors (Lipinski definition) is 4. The van der Waals surface area contributed by atoms with Crippen LogP contribution in [-0.2, 0) is 24.1 Å². The fourth-order valence-electron chi connectivity index (χ4n) is 4.12. The highest BCUT2D eigenvalue weighted by Crippen LogP contribution is 2.44. The van der Waals surface area contributed by atoms with Crippen LogP contribution in [-0.4, -0.2) is 27.1 Å². The summed E-state index contributed by atoms with van der Waals surface area (Å²) in [6, 6.07) is 10.8. The molecule has 0 unspecified atom stereocenters. The number of hydrogen-bond donors (Lipinski definition) is 0. The first-order chi connectivity index (χ1) is 15.8. The molecule has 168 valence electrons. The SMILES string of the molecule is CC#CC(=O)N1Cc2sc(C#N)cc2[C@H](c2ccccc2-c2cn(CC)nc2C(F)(F)F)C1. The lowest BCUT2D eigenvalue weighted by molar-refractivity contribution is -0.141. The number of fused-ring (bicyclic) bond motifs is 1. The van der Waals surface area contributed by atoms with E-state index in [1.165, 1.54) is 22.2 Å². The van der Waals surface area contributed by atoms with Crippen molar-refractivity contribution in [3.8, 4) is 29.0 Å². The summed E-state index contributed by atoms with van der Waals surface area (Å²) in [4.78, 5) is 15.5. The Bertz CT molecular complexity index is 1320. The number of nitrogens with zero attached hydrogens (tertiary/aromatic N) is 4. The number of rotatable bonds is 3. The maximum atomic E-state index is 13.8. The number of nitriles is 1. The minimum Gasteiger partial charge on any atom is -0.326 e. The molecule has 9 heteroatoms. The highest BCUT2D eigenvalue weighted by atomic mass is 32.1.